The van der Waals surface area contributed by atoms with Crippen LogP contribution in [-0.2, 0) is 0 Å². The van der Waals surface area contributed by atoms with E-state index in [1.54, 1.807) is 0 Å². The summed E-state index contributed by atoms with van der Waals surface area (Å²) in [6.45, 7) is 9.26. The number of piperazine rings is 1. The minimum atomic E-state index is 0.693. The molecule has 2 nitrogen and oxygen atoms in total. The zero-order valence-corrected chi connectivity index (χ0v) is 6.35. The Balaban J connectivity index is 2.23. The van der Waals surface area contributed by atoms with Gasteiger partial charge >= 0.3 is 0 Å². The second-order valence-corrected chi connectivity index (χ2v) is 2.75. The molecule has 9 heavy (non-hydrogen) atoms. The van der Waals surface area contributed by atoms with Gasteiger partial charge < -0.3 is 10.2 Å². The van der Waals surface area contributed by atoms with Gasteiger partial charge in [0.2, 0.25) is 0 Å². The van der Waals surface area contributed by atoms with Crippen molar-refractivity contribution in [1.29, 1.82) is 0 Å². The summed E-state index contributed by atoms with van der Waals surface area (Å²) in [7, 11) is 0. The average molecular weight is 128 g/mol. The maximum absolute atomic E-state index is 3.40. The number of hydrogen-bond donors (Lipinski definition) is 1. The van der Waals surface area contributed by atoms with Crippen LogP contribution in [0.25, 0.3) is 0 Å². The van der Waals surface area contributed by atoms with Crippen molar-refractivity contribution in [2.24, 2.45) is 0 Å². The second kappa shape index (κ2) is 3.18. The Morgan fingerprint density at radius 1 is 1.67 bits per heavy atom. The van der Waals surface area contributed by atoms with Gasteiger partial charge in [-0.1, -0.05) is 6.92 Å². The zero-order chi connectivity index (χ0) is 6.69. The van der Waals surface area contributed by atoms with E-state index in [2.05, 4.69) is 24.1 Å². The van der Waals surface area contributed by atoms with Crippen molar-refractivity contribution in [2.75, 3.05) is 26.2 Å². The van der Waals surface area contributed by atoms with Gasteiger partial charge in [0, 0.05) is 25.7 Å². The molecule has 1 N–H and O–H groups in total. The largest absolute Gasteiger partial charge is 0.312 e. The van der Waals surface area contributed by atoms with Gasteiger partial charge in [-0.05, 0) is 13.5 Å². The number of hydrogen-bond acceptors (Lipinski definition) is 2. The Bertz CT molecular complexity index is 83.0. The van der Waals surface area contributed by atoms with Gasteiger partial charge in [-0.3, -0.25) is 0 Å². The molecule has 0 aromatic heterocycles. The maximum Gasteiger partial charge on any atom is 0.0167 e. The van der Waals surface area contributed by atoms with Crippen LogP contribution < -0.4 is 5.32 Å². The van der Waals surface area contributed by atoms with Crippen LogP contribution in [0.5, 0.6) is 0 Å². The molecule has 0 aliphatic carbocycles. The lowest BCUT2D eigenvalue weighted by molar-refractivity contribution is 0.217. The maximum atomic E-state index is 3.40. The first-order valence-corrected chi connectivity index (χ1v) is 3.78. The first-order chi connectivity index (χ1) is 4.33. The SMILES string of the molecule is CCN1CCNC(C)C1. The highest BCUT2D eigenvalue weighted by Gasteiger charge is 2.12. The molecule has 0 spiro atoms. The molecule has 0 saturated carbocycles. The number of nitrogens with zero attached hydrogens (tertiary/aromatic N) is 1. The first-order valence-electron chi connectivity index (χ1n) is 3.78. The van der Waals surface area contributed by atoms with Crippen LogP contribution >= 0.6 is 0 Å². The van der Waals surface area contributed by atoms with Crippen LogP contribution in [0.3, 0.4) is 0 Å². The van der Waals surface area contributed by atoms with Gasteiger partial charge in [0.15, 0.2) is 0 Å². The average Bonchev–Trinajstić information content (AvgIpc) is 1.88. The molecule has 0 amide bonds. The van der Waals surface area contributed by atoms with Crippen LogP contribution in [-0.4, -0.2) is 37.1 Å². The monoisotopic (exact) mass is 128 g/mol. The third kappa shape index (κ3) is 1.95. The van der Waals surface area contributed by atoms with Crippen molar-refractivity contribution in [3.05, 3.63) is 0 Å². The topological polar surface area (TPSA) is 15.3 Å². The van der Waals surface area contributed by atoms with E-state index >= 15 is 0 Å². The number of rotatable bonds is 1. The van der Waals surface area contributed by atoms with E-state index in [4.69, 9.17) is 0 Å². The summed E-state index contributed by atoms with van der Waals surface area (Å²) in [4.78, 5) is 2.47. The van der Waals surface area contributed by atoms with Crippen molar-refractivity contribution < 1.29 is 0 Å². The Labute approximate surface area is 57.2 Å². The van der Waals surface area contributed by atoms with Gasteiger partial charge in [-0.2, -0.15) is 0 Å². The van der Waals surface area contributed by atoms with Crippen molar-refractivity contribution in [2.45, 2.75) is 19.9 Å². The molecule has 0 bridgehead atoms. The predicted molar refractivity (Wildman–Crippen MR) is 39.6 cm³/mol. The first kappa shape index (κ1) is 7.03. The lowest BCUT2D eigenvalue weighted by atomic mass is 10.2. The third-order valence-electron chi connectivity index (χ3n) is 1.90. The van der Waals surface area contributed by atoms with Gasteiger partial charge in [0.05, 0.1) is 0 Å². The molecular formula is C7H16N2. The highest BCUT2D eigenvalue weighted by molar-refractivity contribution is 4.73. The number of likely N-dealkylation sites (N-methyl/N-ethyl adjacent to an activating group) is 1. The smallest absolute Gasteiger partial charge is 0.0167 e. The number of nitrogens with one attached hydrogen (secondary N) is 1. The van der Waals surface area contributed by atoms with Crippen molar-refractivity contribution in [3.8, 4) is 0 Å². The molecule has 1 heterocycles. The highest BCUT2D eigenvalue weighted by atomic mass is 15.2. The highest BCUT2D eigenvalue weighted by Crippen LogP contribution is 1.95. The van der Waals surface area contributed by atoms with Crippen LogP contribution in [0, 0.1) is 0 Å². The van der Waals surface area contributed by atoms with Crippen LogP contribution in [0.15, 0.2) is 0 Å². The fourth-order valence-electron chi connectivity index (χ4n) is 1.30. The summed E-state index contributed by atoms with van der Waals surface area (Å²) < 4.78 is 0. The van der Waals surface area contributed by atoms with Crippen LogP contribution in [0.1, 0.15) is 13.8 Å². The van der Waals surface area contributed by atoms with Gasteiger partial charge in [-0.15, -0.1) is 0 Å². The summed E-state index contributed by atoms with van der Waals surface area (Å²) in [5, 5.41) is 3.40. The Morgan fingerprint density at radius 2 is 2.44 bits per heavy atom. The van der Waals surface area contributed by atoms with Crippen molar-refractivity contribution >= 4 is 0 Å². The Kier molecular flexibility index (Phi) is 2.49. The second-order valence-electron chi connectivity index (χ2n) is 2.75. The standard InChI is InChI=1S/C7H16N2/c1-3-9-5-4-8-7(2)6-9/h7-8H,3-6H2,1-2H3. The minimum absolute atomic E-state index is 0.693. The minimum Gasteiger partial charge on any atom is -0.312 e. The molecule has 0 radical (unpaired) electrons. The summed E-state index contributed by atoms with van der Waals surface area (Å²) in [5.74, 6) is 0. The fraction of sp³-hybridized carbons (Fsp3) is 1.00. The zero-order valence-electron chi connectivity index (χ0n) is 6.35. The summed E-state index contributed by atoms with van der Waals surface area (Å²) in [6, 6.07) is 0.693. The summed E-state index contributed by atoms with van der Waals surface area (Å²) >= 11 is 0. The normalized spacial score (nSPS) is 30.7. The van der Waals surface area contributed by atoms with Gasteiger partial charge in [0.1, 0.15) is 0 Å². The predicted octanol–water partition coefficient (Wildman–Crippen LogP) is 0.300. The molecule has 1 saturated heterocycles. The lowest BCUT2D eigenvalue weighted by Gasteiger charge is -2.30. The summed E-state index contributed by atoms with van der Waals surface area (Å²) in [5.41, 5.74) is 0. The molecule has 1 aliphatic heterocycles. The molecule has 54 valence electrons. The molecular weight excluding hydrogens is 112 g/mol. The third-order valence-corrected chi connectivity index (χ3v) is 1.90. The molecule has 1 unspecified atom stereocenters. The van der Waals surface area contributed by atoms with E-state index in [0.717, 1.165) is 6.54 Å². The van der Waals surface area contributed by atoms with Crippen molar-refractivity contribution in [1.82, 2.24) is 10.2 Å². The molecule has 2 heteroatoms. The van der Waals surface area contributed by atoms with E-state index in [-0.39, 0.29) is 0 Å². The van der Waals surface area contributed by atoms with Gasteiger partial charge in [-0.25, -0.2) is 0 Å². The molecule has 1 rings (SSSR count). The van der Waals surface area contributed by atoms with E-state index in [1.807, 2.05) is 0 Å². The summed E-state index contributed by atoms with van der Waals surface area (Å²) in [6.07, 6.45) is 0. The Morgan fingerprint density at radius 3 is 2.89 bits per heavy atom. The van der Waals surface area contributed by atoms with E-state index < -0.39 is 0 Å². The quantitative estimate of drug-likeness (QED) is 0.546. The molecule has 1 fully saturated rings. The molecule has 1 atom stereocenters. The van der Waals surface area contributed by atoms with E-state index in [1.165, 1.54) is 19.6 Å². The fourth-order valence-corrected chi connectivity index (χ4v) is 1.30. The van der Waals surface area contributed by atoms with E-state index in [9.17, 15) is 0 Å². The van der Waals surface area contributed by atoms with Crippen LogP contribution in [0.4, 0.5) is 0 Å². The van der Waals surface area contributed by atoms with Crippen molar-refractivity contribution in [3.63, 3.8) is 0 Å². The lowest BCUT2D eigenvalue weighted by Crippen LogP contribution is -2.48. The molecule has 0 aromatic rings. The van der Waals surface area contributed by atoms with E-state index in [0.29, 0.717) is 6.04 Å². The molecule has 1 aliphatic rings. The van der Waals surface area contributed by atoms with Gasteiger partial charge in [0.25, 0.3) is 0 Å². The van der Waals surface area contributed by atoms with Crippen LogP contribution in [0.2, 0.25) is 0 Å². The Hall–Kier alpha value is -0.0800. The molecule has 0 aromatic carbocycles.